The predicted octanol–water partition coefficient (Wildman–Crippen LogP) is 3.74. The van der Waals surface area contributed by atoms with Gasteiger partial charge in [0.2, 0.25) is 11.8 Å². The van der Waals surface area contributed by atoms with Crippen molar-refractivity contribution in [3.8, 4) is 6.07 Å². The molecule has 4 rings (SSSR count). The van der Waals surface area contributed by atoms with E-state index in [1.54, 1.807) is 18.0 Å². The molecule has 1 atom stereocenters. The highest BCUT2D eigenvalue weighted by molar-refractivity contribution is 6.01. The zero-order chi connectivity index (χ0) is 29.0. The molecule has 212 valence electrons. The number of aromatic nitrogens is 1. The van der Waals surface area contributed by atoms with E-state index in [-0.39, 0.29) is 35.9 Å². The van der Waals surface area contributed by atoms with Crippen LogP contribution in [0.4, 0.5) is 30.4 Å². The van der Waals surface area contributed by atoms with E-state index in [4.69, 9.17) is 4.74 Å². The van der Waals surface area contributed by atoms with Crippen molar-refractivity contribution in [3.63, 3.8) is 0 Å². The number of fused-ring (bicyclic) bond motifs is 1. The number of hydrogen-bond acceptors (Lipinski definition) is 7. The number of hydrogen-bond donors (Lipinski definition) is 1. The minimum atomic E-state index is -4.74. The Morgan fingerprint density at radius 3 is 2.65 bits per heavy atom. The number of nitriles is 1. The van der Waals surface area contributed by atoms with Crippen molar-refractivity contribution >= 4 is 29.0 Å². The molecule has 1 aromatic heterocycles. The Morgan fingerprint density at radius 2 is 2.00 bits per heavy atom. The number of anilines is 3. The average Bonchev–Trinajstić information content (AvgIpc) is 2.90. The van der Waals surface area contributed by atoms with Gasteiger partial charge in [-0.2, -0.15) is 18.4 Å². The van der Waals surface area contributed by atoms with Crippen molar-refractivity contribution in [2.75, 3.05) is 55.0 Å². The smallest absolute Gasteiger partial charge is 0.374 e. The fourth-order valence-electron chi connectivity index (χ4n) is 4.90. The first-order chi connectivity index (χ1) is 19.0. The molecule has 0 radical (unpaired) electrons. The molecule has 1 aromatic carbocycles. The zero-order valence-corrected chi connectivity index (χ0v) is 22.4. The molecule has 40 heavy (non-hydrogen) atoms. The van der Waals surface area contributed by atoms with Crippen LogP contribution in [0.15, 0.2) is 43.0 Å². The van der Waals surface area contributed by atoms with Crippen molar-refractivity contribution in [1.82, 2.24) is 9.88 Å². The first-order valence-corrected chi connectivity index (χ1v) is 12.9. The van der Waals surface area contributed by atoms with Gasteiger partial charge in [-0.05, 0) is 44.0 Å². The van der Waals surface area contributed by atoms with Crippen molar-refractivity contribution in [1.29, 1.82) is 5.26 Å². The third-order valence-electron chi connectivity index (χ3n) is 7.04. The molecular formula is C28H31F3N6O3. The highest BCUT2D eigenvalue weighted by Crippen LogP contribution is 2.36. The molecule has 1 saturated heterocycles. The molecule has 9 nitrogen and oxygen atoms in total. The average molecular weight is 557 g/mol. The van der Waals surface area contributed by atoms with Crippen molar-refractivity contribution in [2.24, 2.45) is 0 Å². The van der Waals surface area contributed by atoms with Gasteiger partial charge in [-0.1, -0.05) is 18.7 Å². The molecule has 0 bridgehead atoms. The quantitative estimate of drug-likeness (QED) is 0.391. The maximum atomic E-state index is 13.6. The normalized spacial score (nSPS) is 17.9. The van der Waals surface area contributed by atoms with E-state index in [9.17, 15) is 28.0 Å². The van der Waals surface area contributed by atoms with Crippen molar-refractivity contribution < 1.29 is 27.5 Å². The van der Waals surface area contributed by atoms with Gasteiger partial charge in [0.15, 0.2) is 0 Å². The fraction of sp³-hybridized carbons (Fsp3) is 0.429. The number of para-hydroxylation sites is 2. The van der Waals surface area contributed by atoms with E-state index in [0.29, 0.717) is 44.9 Å². The fourth-order valence-corrected chi connectivity index (χ4v) is 4.90. The molecule has 2 aromatic rings. The molecule has 0 spiro atoms. The predicted molar refractivity (Wildman–Crippen MR) is 144 cm³/mol. The van der Waals surface area contributed by atoms with Gasteiger partial charge in [0, 0.05) is 45.5 Å². The summed E-state index contributed by atoms with van der Waals surface area (Å²) in [6.45, 7) is 7.48. The second kappa shape index (κ2) is 12.0. The minimum absolute atomic E-state index is 0.0152. The summed E-state index contributed by atoms with van der Waals surface area (Å²) in [5.74, 6) is -0.726. The number of carbonyl (C=O) groups excluding carboxylic acids is 2. The topological polar surface area (TPSA) is 102 Å². The number of nitrogens with one attached hydrogen (secondary N) is 1. The van der Waals surface area contributed by atoms with Gasteiger partial charge in [-0.15, -0.1) is 0 Å². The molecule has 1 N–H and O–H groups in total. The van der Waals surface area contributed by atoms with Crippen LogP contribution in [0.25, 0.3) is 0 Å². The van der Waals surface area contributed by atoms with E-state index in [0.717, 1.165) is 11.8 Å². The minimum Gasteiger partial charge on any atom is -0.374 e. The van der Waals surface area contributed by atoms with Crippen molar-refractivity contribution in [3.05, 3.63) is 59.8 Å². The van der Waals surface area contributed by atoms with Crippen LogP contribution in [0.5, 0.6) is 0 Å². The summed E-state index contributed by atoms with van der Waals surface area (Å²) in [5, 5.41) is 12.4. The second-order valence-corrected chi connectivity index (χ2v) is 9.80. The van der Waals surface area contributed by atoms with Crippen LogP contribution in [-0.4, -0.2) is 73.7 Å². The third kappa shape index (κ3) is 6.20. The summed E-state index contributed by atoms with van der Waals surface area (Å²) in [7, 11) is 1.62. The second-order valence-electron chi connectivity index (χ2n) is 9.80. The Morgan fingerprint density at radius 1 is 1.30 bits per heavy atom. The number of benzene rings is 1. The number of alkyl halides is 3. The van der Waals surface area contributed by atoms with Crippen LogP contribution in [0, 0.1) is 18.3 Å². The van der Waals surface area contributed by atoms with E-state index < -0.39 is 23.3 Å². The van der Waals surface area contributed by atoms with Crippen molar-refractivity contribution in [2.45, 2.75) is 38.1 Å². The number of ether oxygens (including phenoxy) is 1. The number of pyridine rings is 1. The molecule has 3 heterocycles. The Bertz CT molecular complexity index is 1320. The lowest BCUT2D eigenvalue weighted by molar-refractivity contribution is -0.139. The molecule has 0 saturated carbocycles. The summed E-state index contributed by atoms with van der Waals surface area (Å²) in [4.78, 5) is 34.4. The molecule has 12 heteroatoms. The molecular weight excluding hydrogens is 525 g/mol. The third-order valence-corrected chi connectivity index (χ3v) is 7.04. The maximum absolute atomic E-state index is 13.6. The largest absolute Gasteiger partial charge is 0.417 e. The Hall–Kier alpha value is -4.11. The van der Waals surface area contributed by atoms with Gasteiger partial charge in [-0.25, -0.2) is 4.98 Å². The number of aryl methyl sites for hydroxylation is 1. The number of amides is 2. The highest BCUT2D eigenvalue weighted by atomic mass is 19.4. The summed E-state index contributed by atoms with van der Waals surface area (Å²) >= 11 is 0. The lowest BCUT2D eigenvalue weighted by Crippen LogP contribution is -2.54. The Kier molecular flexibility index (Phi) is 8.64. The van der Waals surface area contributed by atoms with Crippen LogP contribution < -0.4 is 15.1 Å². The number of rotatable bonds is 8. The number of likely N-dealkylation sites (tertiary alicyclic amines) is 1. The summed E-state index contributed by atoms with van der Waals surface area (Å²) in [6.07, 6.45) is -2.53. The van der Waals surface area contributed by atoms with E-state index >= 15 is 0 Å². The number of likely N-dealkylation sites (N-methyl/N-ethyl adjacent to an activating group) is 1. The lowest BCUT2D eigenvalue weighted by atomic mass is 10.0. The van der Waals surface area contributed by atoms with E-state index in [1.807, 2.05) is 24.3 Å². The van der Waals surface area contributed by atoms with Gasteiger partial charge >= 0.3 is 6.18 Å². The molecule has 2 aliphatic heterocycles. The highest BCUT2D eigenvalue weighted by Gasteiger charge is 2.37. The standard InChI is InChI=1S/C28H31F3N6O3/c1-4-25(38)37-16-19(17-37)40-13-7-11-36-12-10-22(27(39)35(3)23-8-5-6-9-24(23)36)34-26-20(15-32)21(28(29,30)31)14-18(2)33-26/h4-6,8-9,14,19,22H,1,7,10-13,16-17H2,2-3H3,(H,33,34). The summed E-state index contributed by atoms with van der Waals surface area (Å²) < 4.78 is 46.8. The van der Waals surface area contributed by atoms with E-state index in [2.05, 4.69) is 21.8 Å². The first-order valence-electron chi connectivity index (χ1n) is 12.9. The monoisotopic (exact) mass is 556 g/mol. The maximum Gasteiger partial charge on any atom is 0.417 e. The number of nitrogens with zero attached hydrogens (tertiary/aromatic N) is 5. The molecule has 2 amide bonds. The van der Waals surface area contributed by atoms with Gasteiger partial charge in [-0.3, -0.25) is 9.59 Å². The SMILES string of the molecule is C=CC(=O)N1CC(OCCCN2CCC(Nc3nc(C)cc(C(F)(F)F)c3C#N)C(=O)N(C)c3ccccc32)C1. The van der Waals surface area contributed by atoms with Crippen LogP contribution >= 0.6 is 0 Å². The summed E-state index contributed by atoms with van der Waals surface area (Å²) in [5.41, 5.74) is -0.141. The van der Waals surface area contributed by atoms with Gasteiger partial charge in [0.25, 0.3) is 0 Å². The summed E-state index contributed by atoms with van der Waals surface area (Å²) in [6, 6.07) is 8.95. The Balaban J connectivity index is 1.49. The molecule has 2 aliphatic rings. The first kappa shape index (κ1) is 28.9. The zero-order valence-electron chi connectivity index (χ0n) is 22.4. The Labute approximate surface area is 230 Å². The van der Waals surface area contributed by atoms with Gasteiger partial charge < -0.3 is 24.8 Å². The van der Waals surface area contributed by atoms with Crippen LogP contribution in [0.1, 0.15) is 29.7 Å². The number of halogens is 3. The van der Waals surface area contributed by atoms with Crippen LogP contribution in [0.2, 0.25) is 0 Å². The number of carbonyl (C=O) groups is 2. The molecule has 0 aliphatic carbocycles. The molecule has 1 fully saturated rings. The van der Waals surface area contributed by atoms with E-state index in [1.165, 1.54) is 17.9 Å². The van der Waals surface area contributed by atoms with Crippen LogP contribution in [0.3, 0.4) is 0 Å². The molecule has 1 unspecified atom stereocenters. The van der Waals surface area contributed by atoms with Gasteiger partial charge in [0.05, 0.1) is 23.0 Å². The van der Waals surface area contributed by atoms with Gasteiger partial charge in [0.1, 0.15) is 23.5 Å². The lowest BCUT2D eigenvalue weighted by Gasteiger charge is -2.38. The van der Waals surface area contributed by atoms with Crippen LogP contribution in [-0.2, 0) is 20.5 Å².